The molecule has 0 aromatic heterocycles. The molecule has 0 bridgehead atoms. The molecule has 1 aliphatic rings. The highest BCUT2D eigenvalue weighted by Crippen LogP contribution is 2.16. The minimum absolute atomic E-state index is 0.0826. The third-order valence-electron chi connectivity index (χ3n) is 5.03. The summed E-state index contributed by atoms with van der Waals surface area (Å²) >= 11 is 0. The first-order chi connectivity index (χ1) is 13.0. The van der Waals surface area contributed by atoms with E-state index in [1.165, 1.54) is 17.7 Å². The van der Waals surface area contributed by atoms with Gasteiger partial charge in [-0.1, -0.05) is 50.2 Å². The van der Waals surface area contributed by atoms with E-state index in [9.17, 15) is 14.0 Å². The average molecular weight is 368 g/mol. The van der Waals surface area contributed by atoms with E-state index in [2.05, 4.69) is 13.8 Å². The summed E-state index contributed by atoms with van der Waals surface area (Å²) in [6.45, 7) is 6.78. The molecule has 1 aliphatic heterocycles. The van der Waals surface area contributed by atoms with Gasteiger partial charge in [0.2, 0.25) is 0 Å². The van der Waals surface area contributed by atoms with Crippen molar-refractivity contribution in [1.82, 2.24) is 9.80 Å². The van der Waals surface area contributed by atoms with Crippen molar-refractivity contribution in [2.75, 3.05) is 32.7 Å². The molecule has 142 valence electrons. The molecule has 3 rings (SSSR count). The van der Waals surface area contributed by atoms with Crippen LogP contribution in [0.15, 0.2) is 48.5 Å². The number of carbonyl (C=O) groups excluding carboxylic acids is 2. The summed E-state index contributed by atoms with van der Waals surface area (Å²) < 4.78 is 13.8. The van der Waals surface area contributed by atoms with Crippen molar-refractivity contribution in [3.8, 4) is 0 Å². The number of Topliss-reactive ketones (excluding diaryl/α,β-unsaturated/α-hetero) is 1. The van der Waals surface area contributed by atoms with Gasteiger partial charge >= 0.3 is 0 Å². The molecule has 0 aliphatic carbocycles. The van der Waals surface area contributed by atoms with Crippen molar-refractivity contribution < 1.29 is 14.0 Å². The van der Waals surface area contributed by atoms with Crippen molar-refractivity contribution in [1.29, 1.82) is 0 Å². The van der Waals surface area contributed by atoms with E-state index < -0.39 is 5.82 Å². The summed E-state index contributed by atoms with van der Waals surface area (Å²) in [5.74, 6) is -0.262. The van der Waals surface area contributed by atoms with E-state index in [-0.39, 0.29) is 17.3 Å². The fraction of sp³-hybridized carbons (Fsp3) is 0.364. The smallest absolute Gasteiger partial charge is 0.256 e. The molecule has 0 spiro atoms. The van der Waals surface area contributed by atoms with Gasteiger partial charge in [-0.2, -0.15) is 0 Å². The lowest BCUT2D eigenvalue weighted by Crippen LogP contribution is -2.50. The van der Waals surface area contributed by atoms with Crippen LogP contribution in [0.25, 0.3) is 0 Å². The van der Waals surface area contributed by atoms with Crippen LogP contribution in [0, 0.1) is 5.82 Å². The summed E-state index contributed by atoms with van der Waals surface area (Å²) in [6.07, 6.45) is 0. The lowest BCUT2D eigenvalue weighted by molar-refractivity contribution is 0.0620. The number of ketones is 1. The number of carbonyl (C=O) groups is 2. The Balaban J connectivity index is 1.54. The first-order valence-corrected chi connectivity index (χ1v) is 9.35. The second-order valence-electron chi connectivity index (χ2n) is 7.25. The number of rotatable bonds is 5. The zero-order valence-electron chi connectivity index (χ0n) is 15.8. The predicted molar refractivity (Wildman–Crippen MR) is 104 cm³/mol. The van der Waals surface area contributed by atoms with Crippen LogP contribution in [-0.2, 0) is 0 Å². The fourth-order valence-electron chi connectivity index (χ4n) is 3.26. The van der Waals surface area contributed by atoms with Gasteiger partial charge in [-0.05, 0) is 23.6 Å². The number of piperazine rings is 1. The van der Waals surface area contributed by atoms with Crippen LogP contribution in [0.1, 0.15) is 46.0 Å². The molecule has 1 heterocycles. The molecular formula is C22H25FN2O2. The van der Waals surface area contributed by atoms with Crippen LogP contribution >= 0.6 is 0 Å². The second-order valence-corrected chi connectivity index (χ2v) is 7.25. The third kappa shape index (κ3) is 4.61. The summed E-state index contributed by atoms with van der Waals surface area (Å²) in [7, 11) is 0. The largest absolute Gasteiger partial charge is 0.336 e. The minimum atomic E-state index is -0.495. The van der Waals surface area contributed by atoms with E-state index in [4.69, 9.17) is 0 Å². The van der Waals surface area contributed by atoms with Crippen molar-refractivity contribution in [3.05, 3.63) is 71.0 Å². The van der Waals surface area contributed by atoms with Gasteiger partial charge in [0.05, 0.1) is 12.1 Å². The molecule has 2 aromatic carbocycles. The summed E-state index contributed by atoms with van der Waals surface area (Å²) in [5, 5.41) is 0. The molecule has 1 fully saturated rings. The maximum atomic E-state index is 13.8. The van der Waals surface area contributed by atoms with Gasteiger partial charge in [0.25, 0.3) is 5.91 Å². The lowest BCUT2D eigenvalue weighted by Gasteiger charge is -2.34. The van der Waals surface area contributed by atoms with Gasteiger partial charge in [-0.25, -0.2) is 4.39 Å². The van der Waals surface area contributed by atoms with Crippen molar-refractivity contribution in [3.63, 3.8) is 0 Å². The SMILES string of the molecule is CC(C)c1ccc(C(=O)CN2CCN(C(=O)c3ccccc3F)CC2)cc1. The highest BCUT2D eigenvalue weighted by Gasteiger charge is 2.25. The van der Waals surface area contributed by atoms with Crippen molar-refractivity contribution in [2.24, 2.45) is 0 Å². The highest BCUT2D eigenvalue weighted by molar-refractivity contribution is 5.97. The normalized spacial score (nSPS) is 15.2. The van der Waals surface area contributed by atoms with E-state index >= 15 is 0 Å². The van der Waals surface area contributed by atoms with Gasteiger partial charge < -0.3 is 4.90 Å². The molecule has 0 unspecified atom stereocenters. The van der Waals surface area contributed by atoms with Crippen LogP contribution in [0.4, 0.5) is 4.39 Å². The van der Waals surface area contributed by atoms with Crippen LogP contribution in [0.5, 0.6) is 0 Å². The Bertz CT molecular complexity index is 809. The Kier molecular flexibility index (Phi) is 6.01. The Morgan fingerprint density at radius 2 is 1.59 bits per heavy atom. The van der Waals surface area contributed by atoms with E-state index in [0.717, 1.165) is 0 Å². The summed E-state index contributed by atoms with van der Waals surface area (Å²) in [5.41, 5.74) is 2.03. The van der Waals surface area contributed by atoms with E-state index in [1.54, 1.807) is 17.0 Å². The molecule has 4 nitrogen and oxygen atoms in total. The molecular weight excluding hydrogens is 343 g/mol. The number of nitrogens with zero attached hydrogens (tertiary/aromatic N) is 2. The number of hydrogen-bond donors (Lipinski definition) is 0. The van der Waals surface area contributed by atoms with Crippen LogP contribution in [0.3, 0.4) is 0 Å². The molecule has 0 radical (unpaired) electrons. The van der Waals surface area contributed by atoms with Gasteiger partial charge in [0.15, 0.2) is 5.78 Å². The van der Waals surface area contributed by atoms with Gasteiger partial charge in [-0.15, -0.1) is 0 Å². The van der Waals surface area contributed by atoms with Gasteiger partial charge in [0, 0.05) is 31.7 Å². The maximum absolute atomic E-state index is 13.8. The molecule has 0 atom stereocenters. The number of hydrogen-bond acceptors (Lipinski definition) is 3. The Morgan fingerprint density at radius 3 is 2.19 bits per heavy atom. The molecule has 0 N–H and O–H groups in total. The van der Waals surface area contributed by atoms with Crippen LogP contribution < -0.4 is 0 Å². The molecule has 1 amide bonds. The van der Waals surface area contributed by atoms with Gasteiger partial charge in [0.1, 0.15) is 5.82 Å². The zero-order chi connectivity index (χ0) is 19.4. The van der Waals surface area contributed by atoms with E-state index in [0.29, 0.717) is 44.2 Å². The number of amides is 1. The monoisotopic (exact) mass is 368 g/mol. The quantitative estimate of drug-likeness (QED) is 0.758. The van der Waals surface area contributed by atoms with Crippen molar-refractivity contribution in [2.45, 2.75) is 19.8 Å². The van der Waals surface area contributed by atoms with E-state index in [1.807, 2.05) is 29.2 Å². The Hall–Kier alpha value is -2.53. The standard InChI is InChI=1S/C22H25FN2O2/c1-16(2)17-7-9-18(10-8-17)21(26)15-24-11-13-25(14-12-24)22(27)19-5-3-4-6-20(19)23/h3-10,16H,11-15H2,1-2H3. The summed E-state index contributed by atoms with van der Waals surface area (Å²) in [4.78, 5) is 28.7. The fourth-order valence-corrected chi connectivity index (χ4v) is 3.26. The topological polar surface area (TPSA) is 40.6 Å². The first kappa shape index (κ1) is 19.2. The second kappa shape index (κ2) is 8.44. The first-order valence-electron chi connectivity index (χ1n) is 9.35. The molecule has 27 heavy (non-hydrogen) atoms. The number of benzene rings is 2. The van der Waals surface area contributed by atoms with Crippen LogP contribution in [0.2, 0.25) is 0 Å². The minimum Gasteiger partial charge on any atom is -0.336 e. The molecule has 0 saturated carbocycles. The molecule has 5 heteroatoms. The molecule has 2 aromatic rings. The third-order valence-corrected chi connectivity index (χ3v) is 5.03. The zero-order valence-corrected chi connectivity index (χ0v) is 15.8. The average Bonchev–Trinajstić information content (AvgIpc) is 2.68. The number of halogens is 1. The predicted octanol–water partition coefficient (Wildman–Crippen LogP) is 3.59. The Labute approximate surface area is 159 Å². The van der Waals surface area contributed by atoms with Crippen molar-refractivity contribution >= 4 is 11.7 Å². The Morgan fingerprint density at radius 1 is 0.963 bits per heavy atom. The molecule has 1 saturated heterocycles. The highest BCUT2D eigenvalue weighted by atomic mass is 19.1. The lowest BCUT2D eigenvalue weighted by atomic mass is 10.0. The summed E-state index contributed by atoms with van der Waals surface area (Å²) in [6, 6.07) is 13.8. The maximum Gasteiger partial charge on any atom is 0.256 e. The van der Waals surface area contributed by atoms with Crippen LogP contribution in [-0.4, -0.2) is 54.2 Å². The van der Waals surface area contributed by atoms with Gasteiger partial charge in [-0.3, -0.25) is 14.5 Å².